The van der Waals surface area contributed by atoms with Crippen LogP contribution in [0, 0.1) is 18.8 Å². The molecule has 2 aromatic heterocycles. The first-order valence-corrected chi connectivity index (χ1v) is 20.1. The zero-order valence-electron chi connectivity index (χ0n) is 36.0. The first kappa shape index (κ1) is 41.3. The summed E-state index contributed by atoms with van der Waals surface area (Å²) in [5, 5.41) is 2.34. The summed E-state index contributed by atoms with van der Waals surface area (Å²) in [7, 11) is 0. The molecule has 6 heteroatoms. The van der Waals surface area contributed by atoms with Gasteiger partial charge in [-0.15, -0.1) is 48.1 Å². The van der Waals surface area contributed by atoms with E-state index < -0.39 is 0 Å². The zero-order valence-corrected chi connectivity index (χ0v) is 38.3. The molecule has 302 valence electrons. The number of anilines is 4. The molecule has 8 rings (SSSR count). The number of nitrogens with zero attached hydrogens (tertiary/aromatic N) is 4. The van der Waals surface area contributed by atoms with Crippen LogP contribution in [0.5, 0.6) is 11.5 Å². The summed E-state index contributed by atoms with van der Waals surface area (Å²) in [6.45, 7) is 29.4. The van der Waals surface area contributed by atoms with E-state index >= 15 is 0 Å². The van der Waals surface area contributed by atoms with Crippen LogP contribution in [-0.4, -0.2) is 9.55 Å². The molecule has 0 aliphatic carbocycles. The second kappa shape index (κ2) is 14.8. The molecule has 1 aliphatic heterocycles. The van der Waals surface area contributed by atoms with Crippen LogP contribution in [0.2, 0.25) is 0 Å². The maximum Gasteiger partial charge on any atom is 0.135 e. The second-order valence-electron chi connectivity index (χ2n) is 19.6. The molecule has 0 amide bonds. The molecule has 5 nitrogen and oxygen atoms in total. The van der Waals surface area contributed by atoms with E-state index in [2.05, 4.69) is 201 Å². The Labute approximate surface area is 360 Å². The fourth-order valence-corrected chi connectivity index (χ4v) is 7.78. The van der Waals surface area contributed by atoms with Crippen molar-refractivity contribution in [2.24, 2.45) is 0 Å². The molecule has 3 heterocycles. The molecule has 5 aromatic carbocycles. The minimum atomic E-state index is -0.0606. The van der Waals surface area contributed by atoms with Gasteiger partial charge in [0, 0.05) is 61.3 Å². The van der Waals surface area contributed by atoms with Gasteiger partial charge < -0.3 is 19.1 Å². The van der Waals surface area contributed by atoms with Crippen LogP contribution in [0.4, 0.5) is 22.7 Å². The van der Waals surface area contributed by atoms with Gasteiger partial charge in [0.05, 0.1) is 0 Å². The van der Waals surface area contributed by atoms with Gasteiger partial charge in [-0.1, -0.05) is 119 Å². The van der Waals surface area contributed by atoms with Gasteiger partial charge in [-0.05, 0) is 91.8 Å². The third kappa shape index (κ3) is 7.71. The number of para-hydroxylation sites is 2. The van der Waals surface area contributed by atoms with E-state index in [-0.39, 0.29) is 42.7 Å². The van der Waals surface area contributed by atoms with Crippen LogP contribution in [0.15, 0.2) is 109 Å². The number of benzene rings is 5. The van der Waals surface area contributed by atoms with E-state index in [4.69, 9.17) is 9.72 Å². The van der Waals surface area contributed by atoms with Crippen LogP contribution in [0.25, 0.3) is 27.6 Å². The average molecular weight is 947 g/mol. The van der Waals surface area contributed by atoms with Crippen molar-refractivity contribution in [1.29, 1.82) is 0 Å². The minimum absolute atomic E-state index is 0. The van der Waals surface area contributed by atoms with Crippen molar-refractivity contribution in [3.63, 3.8) is 0 Å². The minimum Gasteiger partial charge on any atom is -0.509 e. The second-order valence-corrected chi connectivity index (χ2v) is 19.6. The molecule has 0 fully saturated rings. The summed E-state index contributed by atoms with van der Waals surface area (Å²) in [6.07, 6.45) is 1.92. The molecule has 58 heavy (non-hydrogen) atoms. The number of aromatic nitrogens is 2. The zero-order chi connectivity index (χ0) is 40.7. The maximum absolute atomic E-state index is 6.66. The van der Waals surface area contributed by atoms with Crippen molar-refractivity contribution in [3.05, 3.63) is 150 Å². The normalized spacial score (nSPS) is 13.6. The molecule has 0 spiro atoms. The molecule has 0 atom stereocenters. The number of hydrogen-bond acceptors (Lipinski definition) is 4. The Hall–Kier alpha value is -4.86. The average Bonchev–Trinajstić information content (AvgIpc) is 3.69. The molecule has 7 aromatic rings. The Morgan fingerprint density at radius 2 is 1.19 bits per heavy atom. The van der Waals surface area contributed by atoms with Crippen molar-refractivity contribution in [2.45, 2.75) is 105 Å². The van der Waals surface area contributed by atoms with Crippen molar-refractivity contribution in [3.8, 4) is 17.3 Å². The molecule has 0 unspecified atom stereocenters. The van der Waals surface area contributed by atoms with Crippen LogP contribution in [-0.2, 0) is 42.7 Å². The van der Waals surface area contributed by atoms with Gasteiger partial charge in [0.1, 0.15) is 5.82 Å². The van der Waals surface area contributed by atoms with Crippen LogP contribution in [0.1, 0.15) is 105 Å². The number of hydrogen-bond donors (Lipinski definition) is 0. The summed E-state index contributed by atoms with van der Waals surface area (Å²) in [5.74, 6) is 2.10. The third-order valence-electron chi connectivity index (χ3n) is 11.1. The molecule has 0 radical (unpaired) electrons. The fourth-order valence-electron chi connectivity index (χ4n) is 7.78. The van der Waals surface area contributed by atoms with E-state index in [0.717, 1.165) is 45.0 Å². The Balaban J connectivity index is 0.00000512. The van der Waals surface area contributed by atoms with Crippen LogP contribution in [0.3, 0.4) is 0 Å². The van der Waals surface area contributed by atoms with Crippen molar-refractivity contribution >= 4 is 44.6 Å². The summed E-state index contributed by atoms with van der Waals surface area (Å²) in [4.78, 5) is 9.43. The number of rotatable bonds is 5. The van der Waals surface area contributed by atoms with Gasteiger partial charge in [-0.2, -0.15) is 12.1 Å². The van der Waals surface area contributed by atoms with E-state index in [1.165, 1.54) is 27.6 Å². The smallest absolute Gasteiger partial charge is 0.135 e. The number of pyridine rings is 1. The quantitative estimate of drug-likeness (QED) is 0.161. The fraction of sp³-hybridized carbons (Fsp3) is 0.308. The van der Waals surface area contributed by atoms with E-state index in [1.807, 2.05) is 24.4 Å². The van der Waals surface area contributed by atoms with Gasteiger partial charge in [0.2, 0.25) is 0 Å². The summed E-state index contributed by atoms with van der Waals surface area (Å²) < 4.78 is 8.90. The van der Waals surface area contributed by atoms with Gasteiger partial charge in [-0.25, -0.2) is 4.98 Å². The van der Waals surface area contributed by atoms with Crippen molar-refractivity contribution in [2.75, 3.05) is 9.80 Å². The monoisotopic (exact) mass is 946 g/mol. The third-order valence-corrected chi connectivity index (χ3v) is 11.1. The topological polar surface area (TPSA) is 33.5 Å². The first-order chi connectivity index (χ1) is 26.8. The summed E-state index contributed by atoms with van der Waals surface area (Å²) in [6, 6.07) is 44.1. The van der Waals surface area contributed by atoms with Gasteiger partial charge in [0.15, 0.2) is 0 Å². The van der Waals surface area contributed by atoms with E-state index in [9.17, 15) is 0 Å². The predicted octanol–water partition coefficient (Wildman–Crippen LogP) is 14.2. The molecule has 0 bridgehead atoms. The SMILES string of the molecule is CC(C)(C)c1cc(N2[CH-]N(c3[c-]c(Oc4[c-]c5c(cc4)c4c(C(C)(C)C)cccc4n5-c4cc(C(C)(C)C)ccn4)ccc3)c3ccccc32)cc(C(C)(C)C)c1.[Pt]. The molecule has 0 N–H and O–H groups in total. The van der Waals surface area contributed by atoms with Crippen molar-refractivity contribution < 1.29 is 25.8 Å². The standard InChI is InChI=1S/C52H55N4O.Pt/c1-49(2,3)34-25-26-53-47(30-34)56-45-22-16-19-42(52(10,11)12)48(45)41-24-23-40(32-46(41)56)57-39-18-15-17-37(31-39)54-33-55(44-21-14-13-20-43(44)54)38-28-35(50(4,5)6)27-36(29-38)51(7,8)9;/h13-30,33H,1-12H3;/q-3;. The Bertz CT molecular complexity index is 2610. The Kier molecular flexibility index (Phi) is 10.5. The molecular weight excluding hydrogens is 892 g/mol. The summed E-state index contributed by atoms with van der Waals surface area (Å²) in [5.41, 5.74) is 11.3. The van der Waals surface area contributed by atoms with E-state index in [0.29, 0.717) is 11.5 Å². The van der Waals surface area contributed by atoms with E-state index in [1.54, 1.807) is 0 Å². The number of ether oxygens (including phenoxy) is 1. The number of fused-ring (bicyclic) bond motifs is 4. The first-order valence-electron chi connectivity index (χ1n) is 20.1. The Morgan fingerprint density at radius 1 is 0.569 bits per heavy atom. The van der Waals surface area contributed by atoms with Gasteiger partial charge in [-0.3, -0.25) is 0 Å². The predicted molar refractivity (Wildman–Crippen MR) is 239 cm³/mol. The molecule has 0 saturated carbocycles. The van der Waals surface area contributed by atoms with Gasteiger partial charge >= 0.3 is 0 Å². The molecule has 0 saturated heterocycles. The largest absolute Gasteiger partial charge is 0.509 e. The van der Waals surface area contributed by atoms with Crippen molar-refractivity contribution in [1.82, 2.24) is 9.55 Å². The van der Waals surface area contributed by atoms with Crippen LogP contribution >= 0.6 is 0 Å². The molecule has 1 aliphatic rings. The van der Waals surface area contributed by atoms with Crippen LogP contribution < -0.4 is 14.5 Å². The summed E-state index contributed by atoms with van der Waals surface area (Å²) >= 11 is 0. The molecular formula is C52H55N4OPt-3. The maximum atomic E-state index is 6.66. The van der Waals surface area contributed by atoms with Gasteiger partial charge in [0.25, 0.3) is 0 Å². The Morgan fingerprint density at radius 3 is 1.83 bits per heavy atom.